The van der Waals surface area contributed by atoms with Crippen LogP contribution in [0.5, 0.6) is 5.75 Å². The van der Waals surface area contributed by atoms with Crippen LogP contribution in [0.4, 0.5) is 5.95 Å². The third kappa shape index (κ3) is 4.74. The van der Waals surface area contributed by atoms with Crippen molar-refractivity contribution in [1.29, 1.82) is 0 Å². The van der Waals surface area contributed by atoms with Gasteiger partial charge in [0.2, 0.25) is 23.6 Å². The van der Waals surface area contributed by atoms with E-state index in [4.69, 9.17) is 9.26 Å². The molecule has 0 unspecified atom stereocenters. The van der Waals surface area contributed by atoms with Crippen molar-refractivity contribution in [3.8, 4) is 17.1 Å². The summed E-state index contributed by atoms with van der Waals surface area (Å²) >= 11 is 0. The molecule has 0 radical (unpaired) electrons. The Labute approximate surface area is 180 Å². The summed E-state index contributed by atoms with van der Waals surface area (Å²) in [6, 6.07) is 15.4. The van der Waals surface area contributed by atoms with Crippen molar-refractivity contribution in [3.63, 3.8) is 0 Å². The zero-order chi connectivity index (χ0) is 21.6. The van der Waals surface area contributed by atoms with Crippen LogP contribution in [-0.2, 0) is 17.8 Å². The van der Waals surface area contributed by atoms with Crippen molar-refractivity contribution in [2.75, 3.05) is 11.9 Å². The maximum absolute atomic E-state index is 12.5. The van der Waals surface area contributed by atoms with E-state index >= 15 is 0 Å². The maximum Gasteiger partial charge on any atom is 0.227 e. The molecule has 2 aromatic heterocycles. The second kappa shape index (κ2) is 9.42. The third-order valence-corrected chi connectivity index (χ3v) is 4.81. The molecule has 0 fully saturated rings. The number of carbonyl (C=O) groups is 1. The number of carbonyl (C=O) groups excluding carboxylic acids is 1. The summed E-state index contributed by atoms with van der Waals surface area (Å²) in [6.45, 7) is 5.43. The van der Waals surface area contributed by atoms with Gasteiger partial charge in [-0.05, 0) is 49.7 Å². The Hall–Kier alpha value is -3.68. The quantitative estimate of drug-likeness (QED) is 0.430. The minimum Gasteiger partial charge on any atom is -0.494 e. The van der Waals surface area contributed by atoms with Crippen LogP contribution < -0.4 is 10.1 Å². The average molecular weight is 419 g/mol. The Morgan fingerprint density at radius 2 is 1.90 bits per heavy atom. The molecule has 0 aliphatic carbocycles. The van der Waals surface area contributed by atoms with Crippen molar-refractivity contribution in [2.24, 2.45) is 0 Å². The Bertz CT molecular complexity index is 1160. The van der Waals surface area contributed by atoms with Crippen LogP contribution in [0.15, 0.2) is 53.1 Å². The number of para-hydroxylation sites is 2. The average Bonchev–Trinajstić information content (AvgIpc) is 3.39. The second-order valence-corrected chi connectivity index (χ2v) is 7.09. The number of imidazole rings is 1. The van der Waals surface area contributed by atoms with Crippen LogP contribution in [0.2, 0.25) is 0 Å². The predicted molar refractivity (Wildman–Crippen MR) is 118 cm³/mol. The highest BCUT2D eigenvalue weighted by Crippen LogP contribution is 2.22. The van der Waals surface area contributed by atoms with Gasteiger partial charge in [0.15, 0.2) is 0 Å². The number of nitrogens with zero attached hydrogens (tertiary/aromatic N) is 4. The number of anilines is 1. The zero-order valence-corrected chi connectivity index (χ0v) is 17.7. The summed E-state index contributed by atoms with van der Waals surface area (Å²) in [4.78, 5) is 21.5. The Kier molecular flexibility index (Phi) is 6.26. The van der Waals surface area contributed by atoms with Gasteiger partial charge >= 0.3 is 0 Å². The molecule has 0 aliphatic heterocycles. The minimum atomic E-state index is -0.145. The second-order valence-electron chi connectivity index (χ2n) is 7.09. The first-order valence-electron chi connectivity index (χ1n) is 10.5. The molecule has 8 heteroatoms. The molecule has 0 saturated heterocycles. The fourth-order valence-corrected chi connectivity index (χ4v) is 3.37. The molecule has 0 atom stereocenters. The zero-order valence-electron chi connectivity index (χ0n) is 17.7. The first kappa shape index (κ1) is 20.6. The molecule has 0 spiro atoms. The molecule has 8 nitrogen and oxygen atoms in total. The van der Waals surface area contributed by atoms with Gasteiger partial charge in [0.1, 0.15) is 5.75 Å². The Balaban J connectivity index is 1.38. The predicted octanol–water partition coefficient (Wildman–Crippen LogP) is 4.47. The molecule has 0 saturated carbocycles. The number of aryl methyl sites for hydroxylation is 2. The van der Waals surface area contributed by atoms with E-state index in [1.807, 2.05) is 60.0 Å². The number of amides is 1. The van der Waals surface area contributed by atoms with Crippen LogP contribution in [0.3, 0.4) is 0 Å². The Morgan fingerprint density at radius 3 is 2.68 bits per heavy atom. The summed E-state index contributed by atoms with van der Waals surface area (Å²) in [5.41, 5.74) is 2.70. The topological polar surface area (TPSA) is 95.1 Å². The number of hydrogen-bond donors (Lipinski definition) is 1. The first-order chi connectivity index (χ1) is 15.2. The summed E-state index contributed by atoms with van der Waals surface area (Å²) in [7, 11) is 0. The lowest BCUT2D eigenvalue weighted by molar-refractivity contribution is -0.116. The minimum absolute atomic E-state index is 0.145. The molecular weight excluding hydrogens is 394 g/mol. The number of nitrogens with one attached hydrogen (secondary N) is 1. The van der Waals surface area contributed by atoms with Gasteiger partial charge in [-0.1, -0.05) is 24.2 Å². The van der Waals surface area contributed by atoms with Crippen molar-refractivity contribution >= 4 is 22.9 Å². The van der Waals surface area contributed by atoms with E-state index in [9.17, 15) is 4.79 Å². The molecule has 0 aliphatic rings. The number of benzene rings is 2. The summed E-state index contributed by atoms with van der Waals surface area (Å²) < 4.78 is 12.8. The lowest BCUT2D eigenvalue weighted by Gasteiger charge is -2.08. The first-order valence-corrected chi connectivity index (χ1v) is 10.5. The monoisotopic (exact) mass is 419 g/mol. The van der Waals surface area contributed by atoms with Crippen LogP contribution in [0.25, 0.3) is 22.4 Å². The van der Waals surface area contributed by atoms with Gasteiger partial charge in [0, 0.05) is 24.9 Å². The molecule has 2 heterocycles. The van der Waals surface area contributed by atoms with E-state index in [2.05, 4.69) is 27.4 Å². The summed E-state index contributed by atoms with van der Waals surface area (Å²) in [6.07, 6.45) is 1.52. The van der Waals surface area contributed by atoms with E-state index in [0.717, 1.165) is 35.3 Å². The molecule has 0 bridgehead atoms. The third-order valence-electron chi connectivity index (χ3n) is 4.81. The molecular formula is C23H25N5O3. The van der Waals surface area contributed by atoms with Gasteiger partial charge in [0.25, 0.3) is 0 Å². The molecule has 31 heavy (non-hydrogen) atoms. The van der Waals surface area contributed by atoms with E-state index in [1.165, 1.54) is 0 Å². The van der Waals surface area contributed by atoms with E-state index in [1.54, 1.807) is 0 Å². The van der Waals surface area contributed by atoms with Crippen LogP contribution in [-0.4, -0.2) is 32.2 Å². The number of rotatable bonds is 9. The van der Waals surface area contributed by atoms with Crippen molar-refractivity contribution in [3.05, 3.63) is 54.4 Å². The van der Waals surface area contributed by atoms with Gasteiger partial charge in [-0.25, -0.2) is 4.98 Å². The fraction of sp³-hybridized carbons (Fsp3) is 0.304. The van der Waals surface area contributed by atoms with Gasteiger partial charge in [0.05, 0.1) is 17.6 Å². The number of ether oxygens (including phenoxy) is 1. The summed E-state index contributed by atoms with van der Waals surface area (Å²) in [5, 5.41) is 6.94. The van der Waals surface area contributed by atoms with E-state index in [-0.39, 0.29) is 12.3 Å². The lowest BCUT2D eigenvalue weighted by Crippen LogP contribution is -2.16. The van der Waals surface area contributed by atoms with Crippen LogP contribution in [0.1, 0.15) is 32.6 Å². The van der Waals surface area contributed by atoms with Crippen molar-refractivity contribution < 1.29 is 14.1 Å². The molecule has 160 valence electrons. The highest BCUT2D eigenvalue weighted by Gasteiger charge is 2.15. The van der Waals surface area contributed by atoms with Crippen molar-refractivity contribution in [1.82, 2.24) is 19.7 Å². The number of fused-ring (bicyclic) bond motifs is 1. The Morgan fingerprint density at radius 1 is 1.10 bits per heavy atom. The standard InChI is InChI=1S/C23H25N5O3/c1-3-15-28-19-8-6-5-7-18(19)24-23(28)25-20(29)13-14-21-26-22(27-31-21)16-9-11-17(12-10-16)30-4-2/h5-12H,3-4,13-15H2,1-2H3,(H,24,25,29). The van der Waals surface area contributed by atoms with Gasteiger partial charge in [-0.3, -0.25) is 10.1 Å². The highest BCUT2D eigenvalue weighted by atomic mass is 16.5. The largest absolute Gasteiger partial charge is 0.494 e. The van der Waals surface area contributed by atoms with Crippen LogP contribution in [0, 0.1) is 0 Å². The van der Waals surface area contributed by atoms with Gasteiger partial charge in [-0.15, -0.1) is 0 Å². The van der Waals surface area contributed by atoms with E-state index in [0.29, 0.717) is 30.7 Å². The molecule has 2 aromatic carbocycles. The van der Waals surface area contributed by atoms with Gasteiger partial charge < -0.3 is 13.8 Å². The molecule has 4 rings (SSSR count). The molecule has 1 N–H and O–H groups in total. The van der Waals surface area contributed by atoms with Crippen LogP contribution >= 0.6 is 0 Å². The number of aromatic nitrogens is 4. The summed E-state index contributed by atoms with van der Waals surface area (Å²) in [5.74, 6) is 2.12. The van der Waals surface area contributed by atoms with E-state index < -0.39 is 0 Å². The highest BCUT2D eigenvalue weighted by molar-refractivity contribution is 5.91. The van der Waals surface area contributed by atoms with Crippen molar-refractivity contribution in [2.45, 2.75) is 39.7 Å². The number of hydrogen-bond acceptors (Lipinski definition) is 6. The molecule has 4 aromatic rings. The smallest absolute Gasteiger partial charge is 0.227 e. The normalized spacial score (nSPS) is 11.0. The SMILES string of the molecule is CCCn1c(NC(=O)CCc2nc(-c3ccc(OCC)cc3)no2)nc2ccccc21. The fourth-order valence-electron chi connectivity index (χ4n) is 3.37. The maximum atomic E-state index is 12.5. The lowest BCUT2D eigenvalue weighted by atomic mass is 10.2. The molecule has 1 amide bonds. The van der Waals surface area contributed by atoms with Gasteiger partial charge in [-0.2, -0.15) is 4.98 Å².